The summed E-state index contributed by atoms with van der Waals surface area (Å²) >= 11 is 1.84. The number of hydrogen-bond acceptors (Lipinski definition) is 4. The maximum Gasteiger partial charge on any atom is 0.203 e. The van der Waals surface area contributed by atoms with Crippen LogP contribution in [0.3, 0.4) is 0 Å². The average molecular weight is 243 g/mol. The molecule has 5 heteroatoms. The molecule has 4 nitrogen and oxygen atoms in total. The standard InChI is InChI=1S/C11H21N3OS/c1-9-7-14(5-6-15-3)11(12-9)13-10(2)8-16-4/h7,10H,5-6,8H2,1-4H3,(H,12,13). The van der Waals surface area contributed by atoms with Gasteiger partial charge >= 0.3 is 0 Å². The van der Waals surface area contributed by atoms with E-state index in [4.69, 9.17) is 4.74 Å². The maximum absolute atomic E-state index is 5.08. The number of methoxy groups -OCH3 is 1. The number of aromatic nitrogens is 2. The van der Waals surface area contributed by atoms with Gasteiger partial charge in [0.15, 0.2) is 0 Å². The van der Waals surface area contributed by atoms with Gasteiger partial charge in [-0.2, -0.15) is 11.8 Å². The second-order valence-corrected chi connectivity index (χ2v) is 4.80. The van der Waals surface area contributed by atoms with Crippen molar-refractivity contribution in [1.82, 2.24) is 9.55 Å². The monoisotopic (exact) mass is 243 g/mol. The van der Waals surface area contributed by atoms with Crippen molar-refractivity contribution >= 4 is 17.7 Å². The number of aryl methyl sites for hydroxylation is 1. The summed E-state index contributed by atoms with van der Waals surface area (Å²) in [7, 11) is 1.72. The van der Waals surface area contributed by atoms with Crippen LogP contribution in [-0.2, 0) is 11.3 Å². The first-order valence-corrected chi connectivity index (χ1v) is 6.85. The van der Waals surface area contributed by atoms with Crippen LogP contribution in [-0.4, -0.2) is 41.3 Å². The van der Waals surface area contributed by atoms with Crippen LogP contribution in [0, 0.1) is 6.92 Å². The van der Waals surface area contributed by atoms with Crippen molar-refractivity contribution in [2.24, 2.45) is 0 Å². The molecule has 1 aromatic heterocycles. The van der Waals surface area contributed by atoms with Gasteiger partial charge in [0.1, 0.15) is 0 Å². The molecule has 0 bridgehead atoms. The Kier molecular flexibility index (Phi) is 5.69. The summed E-state index contributed by atoms with van der Waals surface area (Å²) in [5, 5.41) is 3.42. The van der Waals surface area contributed by atoms with Gasteiger partial charge in [-0.3, -0.25) is 0 Å². The zero-order chi connectivity index (χ0) is 12.0. The third-order valence-corrected chi connectivity index (χ3v) is 3.06. The van der Waals surface area contributed by atoms with E-state index in [1.807, 2.05) is 24.9 Å². The normalized spacial score (nSPS) is 12.8. The molecule has 0 radical (unpaired) electrons. The number of nitrogens with one attached hydrogen (secondary N) is 1. The quantitative estimate of drug-likeness (QED) is 0.795. The van der Waals surface area contributed by atoms with Gasteiger partial charge in [0, 0.05) is 31.6 Å². The second-order valence-electron chi connectivity index (χ2n) is 3.89. The molecule has 0 fully saturated rings. The average Bonchev–Trinajstić information content (AvgIpc) is 2.56. The van der Waals surface area contributed by atoms with Gasteiger partial charge in [0.2, 0.25) is 5.95 Å². The summed E-state index contributed by atoms with van der Waals surface area (Å²) in [6, 6.07) is 0.429. The minimum Gasteiger partial charge on any atom is -0.383 e. The first-order valence-electron chi connectivity index (χ1n) is 5.45. The zero-order valence-electron chi connectivity index (χ0n) is 10.5. The minimum atomic E-state index is 0.429. The van der Waals surface area contributed by atoms with E-state index < -0.39 is 0 Å². The van der Waals surface area contributed by atoms with Crippen molar-refractivity contribution in [3.8, 4) is 0 Å². The summed E-state index contributed by atoms with van der Waals surface area (Å²) in [4.78, 5) is 4.47. The van der Waals surface area contributed by atoms with Crippen LogP contribution >= 0.6 is 11.8 Å². The number of anilines is 1. The Morgan fingerprint density at radius 1 is 1.62 bits per heavy atom. The van der Waals surface area contributed by atoms with Crippen LogP contribution in [0.1, 0.15) is 12.6 Å². The fraction of sp³-hybridized carbons (Fsp3) is 0.727. The molecular formula is C11H21N3OS. The van der Waals surface area contributed by atoms with E-state index in [-0.39, 0.29) is 0 Å². The number of imidazole rings is 1. The summed E-state index contributed by atoms with van der Waals surface area (Å²) in [5.41, 5.74) is 1.04. The first kappa shape index (κ1) is 13.4. The molecule has 0 aliphatic carbocycles. The predicted octanol–water partition coefficient (Wildman–Crippen LogP) is 2.00. The number of nitrogens with zero attached hydrogens (tertiary/aromatic N) is 2. The highest BCUT2D eigenvalue weighted by molar-refractivity contribution is 7.98. The molecule has 1 heterocycles. The van der Waals surface area contributed by atoms with Crippen molar-refractivity contribution in [3.63, 3.8) is 0 Å². The van der Waals surface area contributed by atoms with Crippen molar-refractivity contribution in [2.45, 2.75) is 26.4 Å². The lowest BCUT2D eigenvalue weighted by Gasteiger charge is -2.14. The topological polar surface area (TPSA) is 39.1 Å². The summed E-state index contributed by atoms with van der Waals surface area (Å²) in [6.07, 6.45) is 4.16. The van der Waals surface area contributed by atoms with Crippen LogP contribution in [0.2, 0.25) is 0 Å². The van der Waals surface area contributed by atoms with E-state index in [2.05, 4.69) is 28.0 Å². The van der Waals surface area contributed by atoms with Crippen molar-refractivity contribution in [3.05, 3.63) is 11.9 Å². The molecular weight excluding hydrogens is 222 g/mol. The first-order chi connectivity index (χ1) is 7.67. The molecule has 0 saturated carbocycles. The lowest BCUT2D eigenvalue weighted by molar-refractivity contribution is 0.187. The molecule has 1 N–H and O–H groups in total. The van der Waals surface area contributed by atoms with Gasteiger partial charge in [0.05, 0.1) is 12.3 Å². The Balaban J connectivity index is 2.62. The predicted molar refractivity (Wildman–Crippen MR) is 70.3 cm³/mol. The van der Waals surface area contributed by atoms with Crippen LogP contribution in [0.4, 0.5) is 5.95 Å². The molecule has 1 unspecified atom stereocenters. The smallest absolute Gasteiger partial charge is 0.203 e. The molecule has 0 spiro atoms. The van der Waals surface area contributed by atoms with Crippen LogP contribution in [0.15, 0.2) is 6.20 Å². The highest BCUT2D eigenvalue weighted by Gasteiger charge is 2.08. The Labute approximate surface area is 102 Å². The van der Waals surface area contributed by atoms with Crippen LogP contribution in [0.5, 0.6) is 0 Å². The van der Waals surface area contributed by atoms with Crippen LogP contribution < -0.4 is 5.32 Å². The Morgan fingerprint density at radius 3 is 3.00 bits per heavy atom. The molecule has 0 saturated heterocycles. The van der Waals surface area contributed by atoms with E-state index >= 15 is 0 Å². The minimum absolute atomic E-state index is 0.429. The second kappa shape index (κ2) is 6.81. The van der Waals surface area contributed by atoms with Gasteiger partial charge < -0.3 is 14.6 Å². The molecule has 1 atom stereocenters. The summed E-state index contributed by atoms with van der Waals surface area (Å²) in [5.74, 6) is 2.02. The van der Waals surface area contributed by atoms with Gasteiger partial charge in [-0.25, -0.2) is 4.98 Å². The fourth-order valence-corrected chi connectivity index (χ4v) is 2.12. The molecule has 16 heavy (non-hydrogen) atoms. The summed E-state index contributed by atoms with van der Waals surface area (Å²) in [6.45, 7) is 5.72. The number of thioether (sulfide) groups is 1. The lowest BCUT2D eigenvalue weighted by Crippen LogP contribution is -2.21. The summed E-state index contributed by atoms with van der Waals surface area (Å²) < 4.78 is 7.19. The molecule has 0 amide bonds. The zero-order valence-corrected chi connectivity index (χ0v) is 11.3. The van der Waals surface area contributed by atoms with Crippen molar-refractivity contribution < 1.29 is 4.74 Å². The van der Waals surface area contributed by atoms with Gasteiger partial charge in [-0.05, 0) is 20.1 Å². The Hall–Kier alpha value is -0.680. The van der Waals surface area contributed by atoms with E-state index in [1.165, 1.54) is 0 Å². The fourth-order valence-electron chi connectivity index (χ4n) is 1.53. The Morgan fingerprint density at radius 2 is 2.38 bits per heavy atom. The molecule has 0 aliphatic heterocycles. The molecule has 92 valence electrons. The highest BCUT2D eigenvalue weighted by Crippen LogP contribution is 2.11. The molecule has 1 aromatic rings. The maximum atomic E-state index is 5.08. The molecule has 0 aromatic carbocycles. The third kappa shape index (κ3) is 4.06. The van der Waals surface area contributed by atoms with E-state index in [1.54, 1.807) is 7.11 Å². The van der Waals surface area contributed by atoms with Crippen molar-refractivity contribution in [2.75, 3.05) is 31.0 Å². The Bertz CT molecular complexity index is 314. The van der Waals surface area contributed by atoms with E-state index in [0.717, 1.165) is 23.9 Å². The number of rotatable bonds is 7. The number of ether oxygens (including phenoxy) is 1. The SMILES string of the molecule is COCCn1cc(C)nc1NC(C)CSC. The van der Waals surface area contributed by atoms with E-state index in [0.29, 0.717) is 12.6 Å². The third-order valence-electron chi connectivity index (χ3n) is 2.23. The molecule has 0 aliphatic rings. The number of hydrogen-bond donors (Lipinski definition) is 1. The highest BCUT2D eigenvalue weighted by atomic mass is 32.2. The lowest BCUT2D eigenvalue weighted by atomic mass is 10.4. The van der Waals surface area contributed by atoms with Crippen LogP contribution in [0.25, 0.3) is 0 Å². The molecule has 1 rings (SSSR count). The van der Waals surface area contributed by atoms with Gasteiger partial charge in [-0.1, -0.05) is 0 Å². The van der Waals surface area contributed by atoms with Gasteiger partial charge in [-0.15, -0.1) is 0 Å². The van der Waals surface area contributed by atoms with E-state index in [9.17, 15) is 0 Å². The largest absolute Gasteiger partial charge is 0.383 e. The van der Waals surface area contributed by atoms with Gasteiger partial charge in [0.25, 0.3) is 0 Å². The van der Waals surface area contributed by atoms with Crippen molar-refractivity contribution in [1.29, 1.82) is 0 Å².